The van der Waals surface area contributed by atoms with Gasteiger partial charge in [-0.3, -0.25) is 4.84 Å². The van der Waals surface area contributed by atoms with Gasteiger partial charge in [-0.15, -0.1) is 0 Å². The molecular formula is C14H13BrClNO. The Labute approximate surface area is 120 Å². The van der Waals surface area contributed by atoms with Crippen LogP contribution in [-0.2, 0) is 18.0 Å². The third-order valence-electron chi connectivity index (χ3n) is 2.45. The summed E-state index contributed by atoms with van der Waals surface area (Å²) < 4.78 is 1.02. The molecule has 0 unspecified atom stereocenters. The molecule has 4 heteroatoms. The van der Waals surface area contributed by atoms with Gasteiger partial charge in [0.1, 0.15) is 0 Å². The van der Waals surface area contributed by atoms with Gasteiger partial charge in [-0.05, 0) is 29.3 Å². The van der Waals surface area contributed by atoms with Crippen LogP contribution in [0.5, 0.6) is 0 Å². The third kappa shape index (κ3) is 4.10. The van der Waals surface area contributed by atoms with Crippen molar-refractivity contribution >= 4 is 27.5 Å². The van der Waals surface area contributed by atoms with Crippen LogP contribution in [0.1, 0.15) is 11.1 Å². The van der Waals surface area contributed by atoms with Crippen LogP contribution >= 0.6 is 27.5 Å². The van der Waals surface area contributed by atoms with Gasteiger partial charge in [-0.1, -0.05) is 57.9 Å². The number of hydroxylamine groups is 1. The maximum Gasteiger partial charge on any atom is 0.0933 e. The summed E-state index contributed by atoms with van der Waals surface area (Å²) in [5.41, 5.74) is 5.13. The molecule has 0 atom stereocenters. The van der Waals surface area contributed by atoms with E-state index in [2.05, 4.69) is 21.4 Å². The maximum absolute atomic E-state index is 5.94. The molecule has 0 aromatic heterocycles. The van der Waals surface area contributed by atoms with Crippen molar-refractivity contribution in [3.05, 3.63) is 69.2 Å². The van der Waals surface area contributed by atoms with Crippen LogP contribution in [0.2, 0.25) is 5.02 Å². The zero-order chi connectivity index (χ0) is 12.8. The van der Waals surface area contributed by atoms with Gasteiger partial charge >= 0.3 is 0 Å². The van der Waals surface area contributed by atoms with Gasteiger partial charge in [-0.25, -0.2) is 0 Å². The minimum atomic E-state index is 0.541. The maximum atomic E-state index is 5.94. The first-order valence-electron chi connectivity index (χ1n) is 5.58. The molecule has 0 aliphatic heterocycles. The van der Waals surface area contributed by atoms with E-state index in [1.807, 2.05) is 48.5 Å². The second-order valence-corrected chi connectivity index (χ2v) is 5.12. The monoisotopic (exact) mass is 325 g/mol. The predicted octanol–water partition coefficient (Wildman–Crippen LogP) is 4.32. The molecule has 0 bridgehead atoms. The summed E-state index contributed by atoms with van der Waals surface area (Å²) in [5.74, 6) is 0. The van der Waals surface area contributed by atoms with Crippen LogP contribution in [0.25, 0.3) is 0 Å². The van der Waals surface area contributed by atoms with E-state index in [1.54, 1.807) is 0 Å². The molecule has 2 aromatic carbocycles. The molecule has 0 fully saturated rings. The first-order valence-corrected chi connectivity index (χ1v) is 6.75. The highest BCUT2D eigenvalue weighted by molar-refractivity contribution is 9.10. The fraction of sp³-hybridized carbons (Fsp3) is 0.143. The van der Waals surface area contributed by atoms with Gasteiger partial charge in [-0.2, -0.15) is 5.48 Å². The normalized spacial score (nSPS) is 10.6. The summed E-state index contributed by atoms with van der Waals surface area (Å²) in [6.07, 6.45) is 0. The van der Waals surface area contributed by atoms with Crippen molar-refractivity contribution in [2.75, 3.05) is 0 Å². The third-order valence-corrected chi connectivity index (χ3v) is 3.46. The highest BCUT2D eigenvalue weighted by atomic mass is 79.9. The van der Waals surface area contributed by atoms with E-state index >= 15 is 0 Å². The minimum Gasteiger partial charge on any atom is -0.297 e. The molecule has 0 radical (unpaired) electrons. The van der Waals surface area contributed by atoms with Crippen LogP contribution in [0.4, 0.5) is 0 Å². The average molecular weight is 327 g/mol. The van der Waals surface area contributed by atoms with Gasteiger partial charge < -0.3 is 0 Å². The van der Waals surface area contributed by atoms with E-state index in [0.717, 1.165) is 20.6 Å². The lowest BCUT2D eigenvalue weighted by Gasteiger charge is -2.08. The summed E-state index contributed by atoms with van der Waals surface area (Å²) in [5, 5.41) is 0.720. The molecule has 0 amide bonds. The standard InChI is InChI=1S/C14H13BrClNO/c15-14-7-6-13(16)8-12(14)9-17-18-10-11-4-2-1-3-5-11/h1-8,17H,9-10H2. The molecule has 0 heterocycles. The Hall–Kier alpha value is -0.870. The Morgan fingerprint density at radius 2 is 1.89 bits per heavy atom. The van der Waals surface area contributed by atoms with Gasteiger partial charge in [0.25, 0.3) is 0 Å². The van der Waals surface area contributed by atoms with E-state index in [1.165, 1.54) is 0 Å². The lowest BCUT2D eigenvalue weighted by atomic mass is 10.2. The largest absolute Gasteiger partial charge is 0.297 e. The Bertz CT molecular complexity index is 504. The zero-order valence-corrected chi connectivity index (χ0v) is 12.0. The van der Waals surface area contributed by atoms with Gasteiger partial charge in [0.15, 0.2) is 0 Å². The SMILES string of the molecule is Clc1ccc(Br)c(CNOCc2ccccc2)c1. The van der Waals surface area contributed by atoms with E-state index in [0.29, 0.717) is 13.2 Å². The number of hydrogen-bond acceptors (Lipinski definition) is 2. The zero-order valence-electron chi connectivity index (χ0n) is 9.70. The van der Waals surface area contributed by atoms with Crippen molar-refractivity contribution in [3.8, 4) is 0 Å². The van der Waals surface area contributed by atoms with Crippen molar-refractivity contribution < 1.29 is 4.84 Å². The van der Waals surface area contributed by atoms with Crippen LogP contribution in [0.3, 0.4) is 0 Å². The second kappa shape index (κ2) is 6.90. The van der Waals surface area contributed by atoms with Crippen LogP contribution in [-0.4, -0.2) is 0 Å². The van der Waals surface area contributed by atoms with Gasteiger partial charge in [0, 0.05) is 16.0 Å². The smallest absolute Gasteiger partial charge is 0.0933 e. The van der Waals surface area contributed by atoms with E-state index in [4.69, 9.17) is 16.4 Å². The average Bonchev–Trinajstić information content (AvgIpc) is 2.40. The van der Waals surface area contributed by atoms with Crippen LogP contribution in [0.15, 0.2) is 53.0 Å². The van der Waals surface area contributed by atoms with Crippen molar-refractivity contribution in [3.63, 3.8) is 0 Å². The highest BCUT2D eigenvalue weighted by Gasteiger charge is 2.00. The Morgan fingerprint density at radius 3 is 2.67 bits per heavy atom. The van der Waals surface area contributed by atoms with E-state index < -0.39 is 0 Å². The molecule has 2 aromatic rings. The van der Waals surface area contributed by atoms with Crippen LogP contribution in [0, 0.1) is 0 Å². The first-order chi connectivity index (χ1) is 8.75. The van der Waals surface area contributed by atoms with Crippen molar-refractivity contribution in [2.24, 2.45) is 0 Å². The molecule has 1 N–H and O–H groups in total. The molecule has 94 valence electrons. The summed E-state index contributed by atoms with van der Waals surface area (Å²) >= 11 is 9.41. The number of benzene rings is 2. The lowest BCUT2D eigenvalue weighted by molar-refractivity contribution is 0.0234. The first kappa shape index (κ1) is 13.6. The predicted molar refractivity (Wildman–Crippen MR) is 77.2 cm³/mol. The molecule has 0 aliphatic carbocycles. The fourth-order valence-electron chi connectivity index (χ4n) is 1.52. The molecule has 18 heavy (non-hydrogen) atoms. The van der Waals surface area contributed by atoms with Crippen molar-refractivity contribution in [2.45, 2.75) is 13.2 Å². The lowest BCUT2D eigenvalue weighted by Crippen LogP contribution is -2.14. The summed E-state index contributed by atoms with van der Waals surface area (Å²) in [6.45, 7) is 1.15. The molecule has 2 rings (SSSR count). The quantitative estimate of drug-likeness (QED) is 0.652. The minimum absolute atomic E-state index is 0.541. The van der Waals surface area contributed by atoms with E-state index in [-0.39, 0.29) is 0 Å². The number of rotatable bonds is 5. The Kier molecular flexibility index (Phi) is 5.20. The van der Waals surface area contributed by atoms with Crippen LogP contribution < -0.4 is 5.48 Å². The Balaban J connectivity index is 1.80. The molecular weight excluding hydrogens is 314 g/mol. The molecule has 0 aliphatic rings. The Morgan fingerprint density at radius 1 is 1.11 bits per heavy atom. The van der Waals surface area contributed by atoms with E-state index in [9.17, 15) is 0 Å². The van der Waals surface area contributed by atoms with Gasteiger partial charge in [0.05, 0.1) is 6.61 Å². The molecule has 2 nitrogen and oxygen atoms in total. The number of nitrogens with one attached hydrogen (secondary N) is 1. The second-order valence-electron chi connectivity index (χ2n) is 3.83. The molecule has 0 saturated heterocycles. The number of halogens is 2. The van der Waals surface area contributed by atoms with Crippen molar-refractivity contribution in [1.82, 2.24) is 5.48 Å². The summed E-state index contributed by atoms with van der Waals surface area (Å²) in [4.78, 5) is 5.40. The molecule has 0 saturated carbocycles. The van der Waals surface area contributed by atoms with Crippen molar-refractivity contribution in [1.29, 1.82) is 0 Å². The summed E-state index contributed by atoms with van der Waals surface area (Å²) in [7, 11) is 0. The van der Waals surface area contributed by atoms with Gasteiger partial charge in [0.2, 0.25) is 0 Å². The highest BCUT2D eigenvalue weighted by Crippen LogP contribution is 2.20. The summed E-state index contributed by atoms with van der Waals surface area (Å²) in [6, 6.07) is 15.7. The number of hydrogen-bond donors (Lipinski definition) is 1. The fourth-order valence-corrected chi connectivity index (χ4v) is 2.10. The molecule has 0 spiro atoms. The topological polar surface area (TPSA) is 21.3 Å².